The number of benzene rings is 2. The van der Waals surface area contributed by atoms with E-state index in [4.69, 9.17) is 21.7 Å². The Morgan fingerprint density at radius 1 is 1.14 bits per heavy atom. The van der Waals surface area contributed by atoms with Gasteiger partial charge in [-0.1, -0.05) is 56.0 Å². The number of thiocarbonyl (C=S) groups is 1. The molecule has 0 aromatic heterocycles. The SMILES string of the molecule is C=C1NC(=S)N[C@@H](c2ccc(OCCC)cc2)[C@@H]1C(=O)OCc1ccccc1. The molecule has 0 saturated carbocycles. The third kappa shape index (κ3) is 4.89. The van der Waals surface area contributed by atoms with Crippen LogP contribution in [-0.2, 0) is 16.1 Å². The molecular formula is C22H24N2O3S. The van der Waals surface area contributed by atoms with Gasteiger partial charge in [0.05, 0.1) is 12.6 Å². The van der Waals surface area contributed by atoms with E-state index in [0.717, 1.165) is 23.3 Å². The number of esters is 1. The molecule has 28 heavy (non-hydrogen) atoms. The molecule has 2 N–H and O–H groups in total. The third-order valence-electron chi connectivity index (χ3n) is 4.46. The molecule has 3 rings (SSSR count). The monoisotopic (exact) mass is 396 g/mol. The molecular weight excluding hydrogens is 372 g/mol. The molecule has 2 aromatic rings. The normalized spacial score (nSPS) is 18.8. The Kier molecular flexibility index (Phi) is 6.66. The van der Waals surface area contributed by atoms with E-state index in [9.17, 15) is 4.79 Å². The fourth-order valence-electron chi connectivity index (χ4n) is 3.05. The first kappa shape index (κ1) is 19.9. The van der Waals surface area contributed by atoms with Crippen molar-refractivity contribution in [3.63, 3.8) is 0 Å². The molecule has 1 aliphatic heterocycles. The van der Waals surface area contributed by atoms with Crippen molar-refractivity contribution in [2.24, 2.45) is 5.92 Å². The van der Waals surface area contributed by atoms with Crippen LogP contribution >= 0.6 is 12.2 Å². The predicted octanol–water partition coefficient (Wildman–Crippen LogP) is 3.87. The van der Waals surface area contributed by atoms with Gasteiger partial charge in [0, 0.05) is 5.70 Å². The lowest BCUT2D eigenvalue weighted by atomic mass is 9.89. The Bertz CT molecular complexity index is 837. The van der Waals surface area contributed by atoms with Crippen molar-refractivity contribution >= 4 is 23.3 Å². The van der Waals surface area contributed by atoms with Crippen molar-refractivity contribution < 1.29 is 14.3 Å². The van der Waals surface area contributed by atoms with Crippen molar-refractivity contribution in [1.82, 2.24) is 10.6 Å². The molecule has 1 saturated heterocycles. The average molecular weight is 397 g/mol. The van der Waals surface area contributed by atoms with Gasteiger partial charge in [-0.15, -0.1) is 0 Å². The largest absolute Gasteiger partial charge is 0.494 e. The van der Waals surface area contributed by atoms with E-state index < -0.39 is 5.92 Å². The highest BCUT2D eigenvalue weighted by atomic mass is 32.1. The van der Waals surface area contributed by atoms with Gasteiger partial charge in [-0.2, -0.15) is 0 Å². The summed E-state index contributed by atoms with van der Waals surface area (Å²) in [6.45, 7) is 6.93. The fourth-order valence-corrected chi connectivity index (χ4v) is 3.31. The first-order valence-electron chi connectivity index (χ1n) is 9.28. The second kappa shape index (κ2) is 9.37. The Morgan fingerprint density at radius 3 is 2.54 bits per heavy atom. The van der Waals surface area contributed by atoms with Crippen LogP contribution in [0.4, 0.5) is 0 Å². The van der Waals surface area contributed by atoms with Crippen LogP contribution < -0.4 is 15.4 Å². The molecule has 2 atom stereocenters. The van der Waals surface area contributed by atoms with Crippen LogP contribution in [0.25, 0.3) is 0 Å². The number of carbonyl (C=O) groups is 1. The summed E-state index contributed by atoms with van der Waals surface area (Å²) in [6, 6.07) is 16.9. The minimum atomic E-state index is -0.599. The van der Waals surface area contributed by atoms with E-state index in [0.29, 0.717) is 17.4 Å². The number of carbonyl (C=O) groups excluding carboxylic acids is 1. The van der Waals surface area contributed by atoms with Gasteiger partial charge in [0.2, 0.25) is 0 Å². The van der Waals surface area contributed by atoms with Crippen molar-refractivity contribution in [3.05, 3.63) is 78.0 Å². The third-order valence-corrected chi connectivity index (χ3v) is 4.68. The van der Waals surface area contributed by atoms with Crippen LogP contribution in [0.1, 0.15) is 30.5 Å². The van der Waals surface area contributed by atoms with Crippen LogP contribution in [0.5, 0.6) is 5.75 Å². The van der Waals surface area contributed by atoms with Gasteiger partial charge in [-0.05, 0) is 41.9 Å². The number of nitrogens with one attached hydrogen (secondary N) is 2. The second-order valence-corrected chi connectivity index (χ2v) is 7.00. The smallest absolute Gasteiger partial charge is 0.317 e. The summed E-state index contributed by atoms with van der Waals surface area (Å²) < 4.78 is 11.2. The molecule has 0 bridgehead atoms. The highest BCUT2D eigenvalue weighted by Crippen LogP contribution is 2.31. The number of hydrogen-bond donors (Lipinski definition) is 2. The lowest BCUT2D eigenvalue weighted by Gasteiger charge is -2.34. The molecule has 1 aliphatic rings. The zero-order valence-corrected chi connectivity index (χ0v) is 16.6. The van der Waals surface area contributed by atoms with Gasteiger partial charge in [-0.3, -0.25) is 4.79 Å². The maximum absolute atomic E-state index is 12.8. The van der Waals surface area contributed by atoms with Crippen LogP contribution in [0.2, 0.25) is 0 Å². The van der Waals surface area contributed by atoms with Crippen LogP contribution in [0, 0.1) is 5.92 Å². The molecule has 0 radical (unpaired) electrons. The highest BCUT2D eigenvalue weighted by molar-refractivity contribution is 7.80. The number of ether oxygens (including phenoxy) is 2. The zero-order chi connectivity index (χ0) is 19.9. The molecule has 6 heteroatoms. The van der Waals surface area contributed by atoms with Gasteiger partial charge in [0.25, 0.3) is 0 Å². The van der Waals surface area contributed by atoms with E-state index in [2.05, 4.69) is 24.1 Å². The summed E-state index contributed by atoms with van der Waals surface area (Å²) >= 11 is 5.26. The molecule has 0 amide bonds. The van der Waals surface area contributed by atoms with Crippen molar-refractivity contribution in [1.29, 1.82) is 0 Å². The van der Waals surface area contributed by atoms with Crippen molar-refractivity contribution in [2.75, 3.05) is 6.61 Å². The van der Waals surface area contributed by atoms with E-state index in [1.54, 1.807) is 0 Å². The minimum absolute atomic E-state index is 0.213. The summed E-state index contributed by atoms with van der Waals surface area (Å²) in [5.41, 5.74) is 2.37. The number of rotatable bonds is 7. The van der Waals surface area contributed by atoms with Crippen LogP contribution in [0.3, 0.4) is 0 Å². The first-order valence-corrected chi connectivity index (χ1v) is 9.69. The van der Waals surface area contributed by atoms with Gasteiger partial charge in [0.1, 0.15) is 18.3 Å². The Balaban J connectivity index is 1.75. The van der Waals surface area contributed by atoms with Gasteiger partial charge in [0.15, 0.2) is 5.11 Å². The van der Waals surface area contributed by atoms with Gasteiger partial charge >= 0.3 is 5.97 Å². The van der Waals surface area contributed by atoms with E-state index in [1.165, 1.54) is 0 Å². The van der Waals surface area contributed by atoms with Gasteiger partial charge in [-0.25, -0.2) is 0 Å². The van der Waals surface area contributed by atoms with E-state index in [-0.39, 0.29) is 18.6 Å². The summed E-state index contributed by atoms with van der Waals surface area (Å²) in [6.07, 6.45) is 0.945. The predicted molar refractivity (Wildman–Crippen MR) is 113 cm³/mol. The standard InChI is InChI=1S/C22H24N2O3S/c1-3-13-26-18-11-9-17(10-12-18)20-19(15(2)23-22(28)24-20)21(25)27-14-16-7-5-4-6-8-16/h4-12,19-20H,2-3,13-14H2,1H3,(H2,23,24,28)/t19-,20+/m1/s1. The molecule has 2 aromatic carbocycles. The fraction of sp³-hybridized carbons (Fsp3) is 0.273. The molecule has 0 aliphatic carbocycles. The molecule has 5 nitrogen and oxygen atoms in total. The lowest BCUT2D eigenvalue weighted by Crippen LogP contribution is -2.50. The summed E-state index contributed by atoms with van der Waals surface area (Å²) in [7, 11) is 0. The average Bonchev–Trinajstić information content (AvgIpc) is 2.71. The van der Waals surface area contributed by atoms with E-state index >= 15 is 0 Å². The van der Waals surface area contributed by atoms with E-state index in [1.807, 2.05) is 54.6 Å². The molecule has 146 valence electrons. The van der Waals surface area contributed by atoms with Crippen molar-refractivity contribution in [2.45, 2.75) is 26.0 Å². The Labute approximate surface area is 170 Å². The maximum Gasteiger partial charge on any atom is 0.317 e. The maximum atomic E-state index is 12.8. The Hall–Kier alpha value is -2.86. The first-order chi connectivity index (χ1) is 13.6. The number of hydrogen-bond acceptors (Lipinski definition) is 4. The quantitative estimate of drug-likeness (QED) is 0.547. The van der Waals surface area contributed by atoms with Crippen molar-refractivity contribution in [3.8, 4) is 5.75 Å². The summed E-state index contributed by atoms with van der Waals surface area (Å²) in [5.74, 6) is -0.158. The molecule has 1 heterocycles. The minimum Gasteiger partial charge on any atom is -0.494 e. The van der Waals surface area contributed by atoms with Gasteiger partial charge < -0.3 is 20.1 Å². The lowest BCUT2D eigenvalue weighted by molar-refractivity contribution is -0.149. The zero-order valence-electron chi connectivity index (χ0n) is 15.8. The summed E-state index contributed by atoms with van der Waals surface area (Å²) in [5, 5.41) is 6.56. The Morgan fingerprint density at radius 2 is 1.86 bits per heavy atom. The summed E-state index contributed by atoms with van der Waals surface area (Å²) in [4.78, 5) is 12.8. The topological polar surface area (TPSA) is 59.6 Å². The van der Waals surface area contributed by atoms with Crippen LogP contribution in [0.15, 0.2) is 66.9 Å². The highest BCUT2D eigenvalue weighted by Gasteiger charge is 2.37. The molecule has 0 unspecified atom stereocenters. The second-order valence-electron chi connectivity index (χ2n) is 6.59. The van der Waals surface area contributed by atoms with Crippen LogP contribution in [-0.4, -0.2) is 17.7 Å². The molecule has 0 spiro atoms. The molecule has 1 fully saturated rings.